The number of nitrogens with zero attached hydrogens (tertiary/aromatic N) is 3. The number of fused-ring (bicyclic) bond motifs is 1. The molecule has 0 spiro atoms. The standard InChI is InChI=1S/C21H28N4O5S/c1-14-2-3-15-12-22-21(23-16-4-6-17(26)7-5-16)24-19(15)20(14)30-13-18(27)25-8-10-31(28,29)11-9-25/h2-3,12,16-17,26H,4-11,13H2,1H3,(H,22,23,24). The molecule has 0 bridgehead atoms. The van der Waals surface area contributed by atoms with Crippen LogP contribution in [0.3, 0.4) is 0 Å². The Morgan fingerprint density at radius 1 is 1.23 bits per heavy atom. The number of amides is 1. The van der Waals surface area contributed by atoms with Gasteiger partial charge in [0.1, 0.15) is 11.3 Å². The van der Waals surface area contributed by atoms with Crippen molar-refractivity contribution < 1.29 is 23.1 Å². The monoisotopic (exact) mass is 448 g/mol. The molecule has 10 heteroatoms. The van der Waals surface area contributed by atoms with Crippen molar-refractivity contribution in [3.05, 3.63) is 23.9 Å². The number of hydrogen-bond donors (Lipinski definition) is 2. The van der Waals surface area contributed by atoms with Crippen molar-refractivity contribution in [2.24, 2.45) is 0 Å². The highest BCUT2D eigenvalue weighted by Gasteiger charge is 2.25. The number of carbonyl (C=O) groups excluding carboxylic acids is 1. The van der Waals surface area contributed by atoms with Gasteiger partial charge in [0.2, 0.25) is 5.95 Å². The van der Waals surface area contributed by atoms with E-state index in [4.69, 9.17) is 4.74 Å². The lowest BCUT2D eigenvalue weighted by atomic mass is 9.93. The van der Waals surface area contributed by atoms with E-state index in [1.807, 2.05) is 19.1 Å². The van der Waals surface area contributed by atoms with Gasteiger partial charge in [-0.15, -0.1) is 0 Å². The molecule has 2 N–H and O–H groups in total. The summed E-state index contributed by atoms with van der Waals surface area (Å²) in [6.45, 7) is 2.12. The van der Waals surface area contributed by atoms with E-state index < -0.39 is 9.84 Å². The van der Waals surface area contributed by atoms with Crippen LogP contribution in [0.25, 0.3) is 10.9 Å². The van der Waals surface area contributed by atoms with Crippen LogP contribution in [0.4, 0.5) is 5.95 Å². The molecule has 2 heterocycles. The normalized spacial score (nSPS) is 23.5. The lowest BCUT2D eigenvalue weighted by molar-refractivity contribution is -0.133. The first kappa shape index (κ1) is 21.8. The number of hydrogen-bond acceptors (Lipinski definition) is 8. The van der Waals surface area contributed by atoms with Gasteiger partial charge in [-0.25, -0.2) is 18.4 Å². The summed E-state index contributed by atoms with van der Waals surface area (Å²) in [7, 11) is -3.04. The molecule has 2 aromatic rings. The number of nitrogens with one attached hydrogen (secondary N) is 1. The predicted molar refractivity (Wildman–Crippen MR) is 117 cm³/mol. The SMILES string of the molecule is Cc1ccc2cnc(NC3CCC(O)CC3)nc2c1OCC(=O)N1CCS(=O)(=O)CC1. The summed E-state index contributed by atoms with van der Waals surface area (Å²) in [6.07, 6.45) is 4.75. The molecule has 4 rings (SSSR count). The molecule has 0 radical (unpaired) electrons. The maximum Gasteiger partial charge on any atom is 0.260 e. The molecule has 1 aromatic carbocycles. The molecule has 2 fully saturated rings. The summed E-state index contributed by atoms with van der Waals surface area (Å²) in [4.78, 5) is 23.1. The topological polar surface area (TPSA) is 122 Å². The van der Waals surface area contributed by atoms with Crippen LogP contribution >= 0.6 is 0 Å². The molecule has 1 saturated carbocycles. The first-order valence-electron chi connectivity index (χ1n) is 10.6. The van der Waals surface area contributed by atoms with Crippen molar-refractivity contribution >= 4 is 32.6 Å². The second kappa shape index (κ2) is 8.96. The quantitative estimate of drug-likeness (QED) is 0.702. The van der Waals surface area contributed by atoms with Gasteiger partial charge in [-0.3, -0.25) is 4.79 Å². The Labute approximate surface area is 181 Å². The highest BCUT2D eigenvalue weighted by Crippen LogP contribution is 2.29. The summed E-state index contributed by atoms with van der Waals surface area (Å²) in [5, 5.41) is 13.8. The summed E-state index contributed by atoms with van der Waals surface area (Å²) < 4.78 is 29.0. The van der Waals surface area contributed by atoms with Crippen molar-refractivity contribution in [1.82, 2.24) is 14.9 Å². The van der Waals surface area contributed by atoms with Gasteiger partial charge in [-0.1, -0.05) is 12.1 Å². The van der Waals surface area contributed by atoms with Gasteiger partial charge in [0.05, 0.1) is 17.6 Å². The number of ether oxygens (including phenoxy) is 1. The zero-order chi connectivity index (χ0) is 22.0. The van der Waals surface area contributed by atoms with Crippen LogP contribution in [0.15, 0.2) is 18.3 Å². The van der Waals surface area contributed by atoms with Crippen molar-refractivity contribution in [3.8, 4) is 5.75 Å². The maximum absolute atomic E-state index is 12.5. The first-order valence-corrected chi connectivity index (χ1v) is 12.4. The second-order valence-electron chi connectivity index (χ2n) is 8.31. The first-order chi connectivity index (χ1) is 14.8. The minimum Gasteiger partial charge on any atom is -0.481 e. The molecule has 1 aliphatic carbocycles. The highest BCUT2D eigenvalue weighted by molar-refractivity contribution is 7.91. The average molecular weight is 449 g/mol. The zero-order valence-corrected chi connectivity index (χ0v) is 18.4. The maximum atomic E-state index is 12.5. The second-order valence-corrected chi connectivity index (χ2v) is 10.6. The van der Waals surface area contributed by atoms with E-state index in [9.17, 15) is 18.3 Å². The smallest absolute Gasteiger partial charge is 0.260 e. The molecule has 0 atom stereocenters. The molecule has 1 saturated heterocycles. The molecule has 168 valence electrons. The fourth-order valence-corrected chi connectivity index (χ4v) is 5.21. The summed E-state index contributed by atoms with van der Waals surface area (Å²) in [6, 6.07) is 4.02. The Kier molecular flexibility index (Phi) is 6.29. The fraction of sp³-hybridized carbons (Fsp3) is 0.571. The van der Waals surface area contributed by atoms with E-state index in [0.29, 0.717) is 17.2 Å². The summed E-state index contributed by atoms with van der Waals surface area (Å²) in [5.41, 5.74) is 1.48. The van der Waals surface area contributed by atoms with E-state index in [2.05, 4.69) is 15.3 Å². The Morgan fingerprint density at radius 3 is 2.65 bits per heavy atom. The Morgan fingerprint density at radius 2 is 1.94 bits per heavy atom. The van der Waals surface area contributed by atoms with Crippen LogP contribution in [-0.4, -0.2) is 77.6 Å². The van der Waals surface area contributed by atoms with Gasteiger partial charge in [-0.2, -0.15) is 0 Å². The number of aliphatic hydroxyl groups is 1. The average Bonchev–Trinajstić information content (AvgIpc) is 2.74. The van der Waals surface area contributed by atoms with Crippen LogP contribution in [0.2, 0.25) is 0 Å². The molecular formula is C21H28N4O5S. The van der Waals surface area contributed by atoms with Gasteiger partial charge in [-0.05, 0) is 38.2 Å². The largest absolute Gasteiger partial charge is 0.481 e. The Bertz CT molecular complexity index is 1050. The van der Waals surface area contributed by atoms with E-state index in [0.717, 1.165) is 36.6 Å². The number of aromatic nitrogens is 2. The van der Waals surface area contributed by atoms with Crippen molar-refractivity contribution in [2.75, 3.05) is 36.5 Å². The number of aryl methyl sites for hydroxylation is 1. The van der Waals surface area contributed by atoms with Gasteiger partial charge in [0.15, 0.2) is 16.4 Å². The molecule has 1 aliphatic heterocycles. The number of aliphatic hydroxyl groups excluding tert-OH is 1. The van der Waals surface area contributed by atoms with Crippen LogP contribution < -0.4 is 10.1 Å². The van der Waals surface area contributed by atoms with Crippen LogP contribution in [0, 0.1) is 6.92 Å². The number of anilines is 1. The van der Waals surface area contributed by atoms with E-state index >= 15 is 0 Å². The number of benzene rings is 1. The molecular weight excluding hydrogens is 420 g/mol. The zero-order valence-electron chi connectivity index (χ0n) is 17.6. The van der Waals surface area contributed by atoms with Crippen molar-refractivity contribution in [2.45, 2.75) is 44.8 Å². The third kappa shape index (κ3) is 5.24. The predicted octanol–water partition coefficient (Wildman–Crippen LogP) is 1.29. The summed E-state index contributed by atoms with van der Waals surface area (Å²) in [5.74, 6) is 0.773. The van der Waals surface area contributed by atoms with Gasteiger partial charge >= 0.3 is 0 Å². The molecule has 0 unspecified atom stereocenters. The van der Waals surface area contributed by atoms with Gasteiger partial charge in [0, 0.05) is 30.7 Å². The molecule has 9 nitrogen and oxygen atoms in total. The molecule has 31 heavy (non-hydrogen) atoms. The van der Waals surface area contributed by atoms with E-state index in [-0.39, 0.29) is 49.3 Å². The number of rotatable bonds is 5. The van der Waals surface area contributed by atoms with E-state index in [1.54, 1.807) is 6.20 Å². The van der Waals surface area contributed by atoms with Crippen molar-refractivity contribution in [3.63, 3.8) is 0 Å². The highest BCUT2D eigenvalue weighted by atomic mass is 32.2. The van der Waals surface area contributed by atoms with Crippen LogP contribution in [0.1, 0.15) is 31.2 Å². The minimum absolute atomic E-state index is 0.00746. The minimum atomic E-state index is -3.04. The van der Waals surface area contributed by atoms with Crippen LogP contribution in [-0.2, 0) is 14.6 Å². The summed E-state index contributed by atoms with van der Waals surface area (Å²) >= 11 is 0. The van der Waals surface area contributed by atoms with Crippen LogP contribution in [0.5, 0.6) is 5.75 Å². The fourth-order valence-electron chi connectivity index (χ4n) is 4.01. The number of sulfone groups is 1. The van der Waals surface area contributed by atoms with Crippen molar-refractivity contribution in [1.29, 1.82) is 0 Å². The van der Waals surface area contributed by atoms with Gasteiger partial charge in [0.25, 0.3) is 5.91 Å². The van der Waals surface area contributed by atoms with E-state index in [1.165, 1.54) is 4.90 Å². The molecule has 1 amide bonds. The molecule has 1 aromatic heterocycles. The third-order valence-corrected chi connectivity index (χ3v) is 7.58. The Balaban J connectivity index is 1.47. The lowest BCUT2D eigenvalue weighted by Crippen LogP contribution is -2.45. The number of carbonyl (C=O) groups is 1. The Hall–Kier alpha value is -2.46. The molecule has 2 aliphatic rings. The lowest BCUT2D eigenvalue weighted by Gasteiger charge is -2.27. The van der Waals surface area contributed by atoms with Gasteiger partial charge < -0.3 is 20.1 Å². The third-order valence-electron chi connectivity index (χ3n) is 5.97.